The van der Waals surface area contributed by atoms with E-state index in [-0.39, 0.29) is 11.8 Å². The molecule has 0 saturated heterocycles. The van der Waals surface area contributed by atoms with E-state index in [1.165, 1.54) is 6.20 Å². The van der Waals surface area contributed by atoms with Gasteiger partial charge in [0.25, 0.3) is 0 Å². The predicted octanol–water partition coefficient (Wildman–Crippen LogP) is 2.40. The first-order chi connectivity index (χ1) is 9.18. The Labute approximate surface area is 118 Å². The van der Waals surface area contributed by atoms with E-state index in [0.29, 0.717) is 5.69 Å². The van der Waals surface area contributed by atoms with Crippen LogP contribution in [0.25, 0.3) is 0 Å². The summed E-state index contributed by atoms with van der Waals surface area (Å²) in [5, 5.41) is 14.3. The number of aromatic nitrogens is 1. The van der Waals surface area contributed by atoms with Gasteiger partial charge in [-0.2, -0.15) is 0 Å². The van der Waals surface area contributed by atoms with Crippen molar-refractivity contribution in [2.24, 2.45) is 5.41 Å². The third-order valence-corrected chi connectivity index (χ3v) is 2.86. The van der Waals surface area contributed by atoms with Crippen molar-refractivity contribution in [3.63, 3.8) is 0 Å². The van der Waals surface area contributed by atoms with Crippen molar-refractivity contribution in [1.82, 2.24) is 10.3 Å². The molecule has 0 aliphatic heterocycles. The van der Waals surface area contributed by atoms with Crippen LogP contribution < -0.4 is 10.6 Å². The average molecular weight is 279 g/mol. The van der Waals surface area contributed by atoms with E-state index in [4.69, 9.17) is 5.11 Å². The second kappa shape index (κ2) is 6.36. The minimum atomic E-state index is -0.942. The van der Waals surface area contributed by atoms with E-state index in [9.17, 15) is 9.59 Å². The molecular weight excluding hydrogens is 258 g/mol. The molecule has 1 aromatic heterocycles. The number of hydrogen-bond donors (Lipinski definition) is 3. The molecule has 6 nitrogen and oxygen atoms in total. The Morgan fingerprint density at radius 2 is 2.00 bits per heavy atom. The first kappa shape index (κ1) is 15.9. The number of amides is 2. The maximum Gasteiger partial charge on any atom is 0.319 e. The number of nitrogens with one attached hydrogen (secondary N) is 2. The summed E-state index contributed by atoms with van der Waals surface area (Å²) in [6.45, 7) is 7.53. The van der Waals surface area contributed by atoms with Crippen molar-refractivity contribution < 1.29 is 14.7 Å². The van der Waals surface area contributed by atoms with Gasteiger partial charge in [0.2, 0.25) is 0 Å². The van der Waals surface area contributed by atoms with Crippen molar-refractivity contribution in [1.29, 1.82) is 0 Å². The Balaban J connectivity index is 2.69. The SMILES string of the molecule is Cc1cncc(NC(=O)NC(CC(=O)O)C(C)(C)C)c1. The van der Waals surface area contributed by atoms with E-state index in [2.05, 4.69) is 15.6 Å². The molecule has 0 saturated carbocycles. The number of carboxylic acids is 1. The maximum absolute atomic E-state index is 11.9. The molecule has 1 atom stereocenters. The lowest BCUT2D eigenvalue weighted by atomic mass is 9.85. The zero-order valence-electron chi connectivity index (χ0n) is 12.2. The van der Waals surface area contributed by atoms with E-state index in [1.807, 2.05) is 27.7 Å². The summed E-state index contributed by atoms with van der Waals surface area (Å²) in [5.74, 6) is -0.942. The molecular formula is C14H21N3O3. The summed E-state index contributed by atoms with van der Waals surface area (Å²) in [4.78, 5) is 26.8. The minimum absolute atomic E-state index is 0.122. The van der Waals surface area contributed by atoms with Gasteiger partial charge in [-0.3, -0.25) is 9.78 Å². The second-order valence-corrected chi connectivity index (χ2v) is 5.87. The lowest BCUT2D eigenvalue weighted by Crippen LogP contribution is -2.46. The molecule has 1 aromatic rings. The highest BCUT2D eigenvalue weighted by molar-refractivity contribution is 5.89. The standard InChI is InChI=1S/C14H21N3O3/c1-9-5-10(8-15-7-9)16-13(20)17-11(6-12(18)19)14(2,3)4/h5,7-8,11H,6H2,1-4H3,(H,18,19)(H2,16,17,20). The number of rotatable bonds is 4. The fourth-order valence-electron chi connectivity index (χ4n) is 1.70. The smallest absolute Gasteiger partial charge is 0.319 e. The van der Waals surface area contributed by atoms with Gasteiger partial charge in [0, 0.05) is 12.2 Å². The summed E-state index contributed by atoms with van der Waals surface area (Å²) in [7, 11) is 0. The Morgan fingerprint density at radius 1 is 1.35 bits per heavy atom. The highest BCUT2D eigenvalue weighted by atomic mass is 16.4. The van der Waals surface area contributed by atoms with Crippen molar-refractivity contribution >= 4 is 17.7 Å². The fourth-order valence-corrected chi connectivity index (χ4v) is 1.70. The molecule has 0 aromatic carbocycles. The summed E-state index contributed by atoms with van der Waals surface area (Å²) in [6.07, 6.45) is 3.10. The van der Waals surface area contributed by atoms with Gasteiger partial charge in [-0.25, -0.2) is 4.79 Å². The monoisotopic (exact) mass is 279 g/mol. The van der Waals surface area contributed by atoms with Crippen LogP contribution in [0.15, 0.2) is 18.5 Å². The second-order valence-electron chi connectivity index (χ2n) is 5.87. The number of carbonyl (C=O) groups is 2. The molecule has 1 rings (SSSR count). The van der Waals surface area contributed by atoms with Crippen LogP contribution >= 0.6 is 0 Å². The fraction of sp³-hybridized carbons (Fsp3) is 0.500. The highest BCUT2D eigenvalue weighted by Crippen LogP contribution is 2.22. The van der Waals surface area contributed by atoms with Gasteiger partial charge in [-0.05, 0) is 24.0 Å². The minimum Gasteiger partial charge on any atom is -0.481 e. The van der Waals surface area contributed by atoms with Gasteiger partial charge in [-0.1, -0.05) is 20.8 Å². The van der Waals surface area contributed by atoms with Crippen molar-refractivity contribution in [2.75, 3.05) is 5.32 Å². The number of aliphatic carboxylic acids is 1. The number of anilines is 1. The van der Waals surface area contributed by atoms with Gasteiger partial charge in [0.15, 0.2) is 0 Å². The van der Waals surface area contributed by atoms with Crippen LogP contribution in [0.4, 0.5) is 10.5 Å². The molecule has 6 heteroatoms. The highest BCUT2D eigenvalue weighted by Gasteiger charge is 2.28. The number of carboxylic acid groups (broad SMARTS) is 1. The Kier molecular flexibility index (Phi) is 5.07. The molecule has 1 heterocycles. The van der Waals surface area contributed by atoms with Crippen molar-refractivity contribution in [3.05, 3.63) is 24.0 Å². The Morgan fingerprint density at radius 3 is 2.50 bits per heavy atom. The molecule has 0 fully saturated rings. The molecule has 0 spiro atoms. The zero-order valence-corrected chi connectivity index (χ0v) is 12.2. The number of hydrogen-bond acceptors (Lipinski definition) is 3. The molecule has 3 N–H and O–H groups in total. The number of aryl methyl sites for hydroxylation is 1. The Hall–Kier alpha value is -2.11. The zero-order chi connectivity index (χ0) is 15.3. The van der Waals surface area contributed by atoms with Crippen LogP contribution in [0.5, 0.6) is 0 Å². The van der Waals surface area contributed by atoms with E-state index in [0.717, 1.165) is 5.56 Å². The van der Waals surface area contributed by atoms with Gasteiger partial charge in [0.1, 0.15) is 0 Å². The number of nitrogens with zero attached hydrogens (tertiary/aromatic N) is 1. The Bertz CT molecular complexity index is 495. The van der Waals surface area contributed by atoms with Gasteiger partial charge >= 0.3 is 12.0 Å². The summed E-state index contributed by atoms with van der Waals surface area (Å²) < 4.78 is 0. The number of pyridine rings is 1. The van der Waals surface area contributed by atoms with Gasteiger partial charge in [0.05, 0.1) is 18.3 Å². The summed E-state index contributed by atoms with van der Waals surface area (Å²) in [5.41, 5.74) is 1.16. The van der Waals surface area contributed by atoms with Crippen LogP contribution in [0, 0.1) is 12.3 Å². The number of carbonyl (C=O) groups excluding carboxylic acids is 1. The third kappa shape index (κ3) is 5.26. The van der Waals surface area contributed by atoms with E-state index in [1.54, 1.807) is 12.3 Å². The molecule has 0 radical (unpaired) electrons. The first-order valence-electron chi connectivity index (χ1n) is 6.39. The summed E-state index contributed by atoms with van der Waals surface area (Å²) >= 11 is 0. The van der Waals surface area contributed by atoms with Crippen LogP contribution in [0.1, 0.15) is 32.8 Å². The molecule has 20 heavy (non-hydrogen) atoms. The lowest BCUT2D eigenvalue weighted by molar-refractivity contribution is -0.138. The molecule has 1 unspecified atom stereocenters. The van der Waals surface area contributed by atoms with E-state index >= 15 is 0 Å². The molecule has 0 aliphatic carbocycles. The van der Waals surface area contributed by atoms with Gasteiger partial charge < -0.3 is 15.7 Å². The third-order valence-electron chi connectivity index (χ3n) is 2.86. The maximum atomic E-state index is 11.9. The quantitative estimate of drug-likeness (QED) is 0.789. The lowest BCUT2D eigenvalue weighted by Gasteiger charge is -2.30. The van der Waals surface area contributed by atoms with Crippen LogP contribution in [-0.4, -0.2) is 28.1 Å². The predicted molar refractivity (Wildman–Crippen MR) is 76.6 cm³/mol. The van der Waals surface area contributed by atoms with Crippen LogP contribution in [-0.2, 0) is 4.79 Å². The molecule has 0 bridgehead atoms. The average Bonchev–Trinajstić information content (AvgIpc) is 2.26. The van der Waals surface area contributed by atoms with Crippen LogP contribution in [0.2, 0.25) is 0 Å². The topological polar surface area (TPSA) is 91.3 Å². The van der Waals surface area contributed by atoms with Gasteiger partial charge in [-0.15, -0.1) is 0 Å². The largest absolute Gasteiger partial charge is 0.481 e. The van der Waals surface area contributed by atoms with Crippen molar-refractivity contribution in [3.8, 4) is 0 Å². The normalized spacial score (nSPS) is 12.6. The van der Waals surface area contributed by atoms with Crippen LogP contribution in [0.3, 0.4) is 0 Å². The summed E-state index contributed by atoms with van der Waals surface area (Å²) in [6, 6.07) is 0.895. The molecule has 110 valence electrons. The van der Waals surface area contributed by atoms with Crippen molar-refractivity contribution in [2.45, 2.75) is 40.2 Å². The number of urea groups is 1. The molecule has 2 amide bonds. The molecule has 0 aliphatic rings. The first-order valence-corrected chi connectivity index (χ1v) is 6.39. The van der Waals surface area contributed by atoms with E-state index < -0.39 is 18.0 Å².